The van der Waals surface area contributed by atoms with Gasteiger partial charge in [0.05, 0.1) is 5.75 Å². The summed E-state index contributed by atoms with van der Waals surface area (Å²) in [6.07, 6.45) is 15.1. The molecule has 0 spiro atoms. The Morgan fingerprint density at radius 2 is 1.18 bits per heavy atom. The fraction of sp³-hybridized carbons (Fsp3) is 0.176. The zero-order valence-corrected chi connectivity index (χ0v) is 25.4. The summed E-state index contributed by atoms with van der Waals surface area (Å²) < 4.78 is 4.46. The van der Waals surface area contributed by atoms with Crippen molar-refractivity contribution >= 4 is 63.5 Å². The molecule has 204 valence electrons. The van der Waals surface area contributed by atoms with Crippen LogP contribution in [0, 0.1) is 0 Å². The number of pyridine rings is 2. The molecule has 0 atom stereocenters. The van der Waals surface area contributed by atoms with Crippen molar-refractivity contribution in [3.8, 4) is 0 Å². The van der Waals surface area contributed by atoms with Crippen LogP contribution in [-0.2, 0) is 6.54 Å². The van der Waals surface area contributed by atoms with Crippen molar-refractivity contribution in [2.24, 2.45) is 0 Å². The monoisotopic (exact) mass is 566 g/mol. The van der Waals surface area contributed by atoms with Crippen LogP contribution >= 0.6 is 21.6 Å². The first kappa shape index (κ1) is 29.2. The van der Waals surface area contributed by atoms with Crippen LogP contribution < -0.4 is 18.9 Å². The van der Waals surface area contributed by atoms with E-state index in [0.29, 0.717) is 0 Å². The van der Waals surface area contributed by atoms with E-state index in [0.717, 1.165) is 18.0 Å². The van der Waals surface area contributed by atoms with Gasteiger partial charge in [-0.05, 0) is 59.7 Å². The summed E-state index contributed by atoms with van der Waals surface area (Å²) >= 11 is 0. The first-order valence-electron chi connectivity index (χ1n) is 13.3. The molecule has 0 unspecified atom stereocenters. The predicted octanol–water partition coefficient (Wildman–Crippen LogP) is 7.24. The quantitative estimate of drug-likeness (QED) is 0.102. The SMILES string of the molecule is CN(C)c1ccc(/C=C/c2cccc[n+]2/C=C/SSCC[n+]2ccccc2/C=C/c2ccc(N(C)C)cc2)cc1. The van der Waals surface area contributed by atoms with E-state index in [1.54, 1.807) is 10.8 Å². The van der Waals surface area contributed by atoms with Gasteiger partial charge in [-0.3, -0.25) is 0 Å². The molecule has 0 radical (unpaired) electrons. The zero-order valence-electron chi connectivity index (χ0n) is 23.7. The van der Waals surface area contributed by atoms with E-state index in [-0.39, 0.29) is 0 Å². The Labute approximate surface area is 247 Å². The molecular weight excluding hydrogens is 529 g/mol. The molecule has 2 heterocycles. The third-order valence-electron chi connectivity index (χ3n) is 6.37. The van der Waals surface area contributed by atoms with Crippen molar-refractivity contribution in [3.05, 3.63) is 125 Å². The van der Waals surface area contributed by atoms with Gasteiger partial charge in [0.1, 0.15) is 0 Å². The highest BCUT2D eigenvalue weighted by molar-refractivity contribution is 8.77. The minimum absolute atomic E-state index is 0.949. The van der Waals surface area contributed by atoms with Crippen LogP contribution in [-0.4, -0.2) is 33.9 Å². The Morgan fingerprint density at radius 1 is 0.625 bits per heavy atom. The largest absolute Gasteiger partial charge is 0.378 e. The van der Waals surface area contributed by atoms with Gasteiger partial charge in [0.2, 0.25) is 11.4 Å². The number of aryl methyl sites for hydroxylation is 1. The molecule has 0 saturated carbocycles. The molecule has 0 N–H and O–H groups in total. The highest BCUT2D eigenvalue weighted by Gasteiger charge is 2.07. The van der Waals surface area contributed by atoms with Crippen LogP contribution in [0.15, 0.2) is 103 Å². The van der Waals surface area contributed by atoms with E-state index in [9.17, 15) is 0 Å². The van der Waals surface area contributed by atoms with Gasteiger partial charge >= 0.3 is 0 Å². The van der Waals surface area contributed by atoms with Crippen LogP contribution in [0.3, 0.4) is 0 Å². The highest BCUT2D eigenvalue weighted by atomic mass is 33.1. The Hall–Kier alpha value is -3.74. The molecule has 4 nitrogen and oxygen atoms in total. The van der Waals surface area contributed by atoms with Gasteiger partial charge in [0.15, 0.2) is 25.1 Å². The Balaban J connectivity index is 1.28. The molecule has 0 aliphatic carbocycles. The zero-order chi connectivity index (χ0) is 28.2. The highest BCUT2D eigenvalue weighted by Crippen LogP contribution is 2.22. The minimum Gasteiger partial charge on any atom is -0.378 e. The number of hydrogen-bond donors (Lipinski definition) is 0. The van der Waals surface area contributed by atoms with Crippen molar-refractivity contribution in [1.29, 1.82) is 0 Å². The molecule has 0 saturated heterocycles. The fourth-order valence-electron chi connectivity index (χ4n) is 4.03. The maximum atomic E-state index is 2.31. The smallest absolute Gasteiger partial charge is 0.210 e. The van der Waals surface area contributed by atoms with E-state index in [2.05, 4.69) is 180 Å². The lowest BCUT2D eigenvalue weighted by molar-refractivity contribution is -0.694. The van der Waals surface area contributed by atoms with Crippen LogP contribution in [0.2, 0.25) is 0 Å². The van der Waals surface area contributed by atoms with Crippen LogP contribution in [0.1, 0.15) is 22.5 Å². The molecule has 0 aliphatic rings. The molecule has 0 aliphatic heterocycles. The lowest BCUT2D eigenvalue weighted by Gasteiger charge is -2.11. The standard InChI is InChI=1S/C34H38N4S2/c1-35(2)31-17-11-29(12-18-31)15-21-33-9-5-7-23-37(33)25-27-39-40-28-26-38-24-8-6-10-34(38)22-16-30-13-19-32(20-14-30)36(3)4/h5-25,27H,26,28H2,1-4H3/q+2/b27-25+. The van der Waals surface area contributed by atoms with Gasteiger partial charge in [-0.15, -0.1) is 0 Å². The van der Waals surface area contributed by atoms with E-state index in [1.165, 1.54) is 28.2 Å². The second-order valence-electron chi connectivity index (χ2n) is 9.69. The minimum atomic E-state index is 0.949. The number of aromatic nitrogens is 2. The summed E-state index contributed by atoms with van der Waals surface area (Å²) in [4.78, 5) is 4.23. The second kappa shape index (κ2) is 15.2. The molecular formula is C34H38N4S2+2. The molecule has 2 aromatic heterocycles. The summed E-state index contributed by atoms with van der Waals surface area (Å²) in [6.45, 7) is 0.949. The summed E-state index contributed by atoms with van der Waals surface area (Å²) in [5.74, 6) is 1.01. The van der Waals surface area contributed by atoms with Crippen molar-refractivity contribution in [1.82, 2.24) is 0 Å². The van der Waals surface area contributed by atoms with Crippen molar-refractivity contribution in [2.75, 3.05) is 43.7 Å². The average molecular weight is 567 g/mol. The maximum absolute atomic E-state index is 2.31. The van der Waals surface area contributed by atoms with Gasteiger partial charge in [-0.25, -0.2) is 0 Å². The van der Waals surface area contributed by atoms with Gasteiger partial charge in [0.25, 0.3) is 0 Å². The molecule has 0 fully saturated rings. The Kier molecular flexibility index (Phi) is 11.1. The summed E-state index contributed by atoms with van der Waals surface area (Å²) in [5, 5.41) is 2.15. The van der Waals surface area contributed by atoms with Crippen LogP contribution in [0.25, 0.3) is 30.5 Å². The summed E-state index contributed by atoms with van der Waals surface area (Å²) in [7, 11) is 11.9. The van der Waals surface area contributed by atoms with E-state index >= 15 is 0 Å². The van der Waals surface area contributed by atoms with E-state index in [4.69, 9.17) is 0 Å². The van der Waals surface area contributed by atoms with Crippen molar-refractivity contribution < 1.29 is 9.13 Å². The number of nitrogens with zero attached hydrogens (tertiary/aromatic N) is 4. The average Bonchev–Trinajstić information content (AvgIpc) is 2.98. The number of hydrogen-bond acceptors (Lipinski definition) is 4. The van der Waals surface area contributed by atoms with Gasteiger partial charge in [-0.1, -0.05) is 45.9 Å². The Morgan fingerprint density at radius 3 is 1.77 bits per heavy atom. The summed E-state index contributed by atoms with van der Waals surface area (Å²) in [6, 6.07) is 29.8. The molecule has 40 heavy (non-hydrogen) atoms. The lowest BCUT2D eigenvalue weighted by atomic mass is 10.1. The molecule has 4 aromatic rings. The van der Waals surface area contributed by atoms with Crippen LogP contribution in [0.4, 0.5) is 11.4 Å². The normalized spacial score (nSPS) is 11.6. The van der Waals surface area contributed by atoms with Gasteiger partial charge < -0.3 is 9.80 Å². The Bertz CT molecular complexity index is 1440. The topological polar surface area (TPSA) is 14.2 Å². The molecule has 2 aromatic carbocycles. The first-order valence-corrected chi connectivity index (χ1v) is 15.7. The maximum Gasteiger partial charge on any atom is 0.210 e. The van der Waals surface area contributed by atoms with E-state index in [1.807, 2.05) is 10.8 Å². The fourth-order valence-corrected chi connectivity index (χ4v) is 5.56. The molecule has 0 amide bonds. The molecule has 4 rings (SSSR count). The number of anilines is 2. The number of rotatable bonds is 12. The van der Waals surface area contributed by atoms with Gasteiger partial charge in [-0.2, -0.15) is 9.13 Å². The van der Waals surface area contributed by atoms with E-state index < -0.39 is 0 Å². The lowest BCUT2D eigenvalue weighted by Crippen LogP contribution is -2.37. The molecule has 6 heteroatoms. The predicted molar refractivity (Wildman–Crippen MR) is 178 cm³/mol. The number of benzene rings is 2. The van der Waals surface area contributed by atoms with Crippen molar-refractivity contribution in [2.45, 2.75) is 6.54 Å². The second-order valence-corrected chi connectivity index (χ2v) is 12.1. The van der Waals surface area contributed by atoms with Crippen molar-refractivity contribution in [3.63, 3.8) is 0 Å². The third-order valence-corrected chi connectivity index (χ3v) is 8.33. The van der Waals surface area contributed by atoms with Gasteiger partial charge in [0, 0.05) is 81.4 Å². The first-order chi connectivity index (χ1) is 19.5. The summed E-state index contributed by atoms with van der Waals surface area (Å²) in [5.41, 5.74) is 7.13. The van der Waals surface area contributed by atoms with Crippen LogP contribution in [0.5, 0.6) is 0 Å². The third kappa shape index (κ3) is 8.90. The molecule has 0 bridgehead atoms.